The molecule has 0 amide bonds. The second kappa shape index (κ2) is 7.06. The Morgan fingerprint density at radius 1 is 1.14 bits per heavy atom. The molecule has 0 unspecified atom stereocenters. The third-order valence-electron chi connectivity index (χ3n) is 3.17. The molecule has 2 aromatic rings. The molecular weight excluding hydrogens is 304 g/mol. The van der Waals surface area contributed by atoms with Crippen LogP contribution in [0.3, 0.4) is 0 Å². The van der Waals surface area contributed by atoms with Crippen LogP contribution in [0.25, 0.3) is 0 Å². The number of sulfonamides is 1. The first-order chi connectivity index (χ1) is 10.1. The first-order valence-corrected chi connectivity index (χ1v) is 9.32. The van der Waals surface area contributed by atoms with Crippen LogP contribution >= 0.6 is 11.3 Å². The van der Waals surface area contributed by atoms with Crippen molar-refractivity contribution in [1.82, 2.24) is 5.32 Å². The minimum absolute atomic E-state index is 0.361. The molecule has 0 fully saturated rings. The first kappa shape index (κ1) is 16.0. The predicted molar refractivity (Wildman–Crippen MR) is 88.3 cm³/mol. The molecule has 2 rings (SSSR count). The highest BCUT2D eigenvalue weighted by Gasteiger charge is 2.20. The van der Waals surface area contributed by atoms with E-state index in [9.17, 15) is 8.42 Å². The maximum Gasteiger partial charge on any atom is 0.263 e. The van der Waals surface area contributed by atoms with E-state index in [0.717, 1.165) is 23.4 Å². The summed E-state index contributed by atoms with van der Waals surface area (Å²) >= 11 is 1.46. The number of benzene rings is 1. The van der Waals surface area contributed by atoms with Crippen LogP contribution in [0.4, 0.5) is 5.69 Å². The summed E-state index contributed by atoms with van der Waals surface area (Å²) in [6, 6.07) is 9.15. The number of hydrogen-bond donors (Lipinski definition) is 2. The molecule has 0 bridgehead atoms. The Labute approximate surface area is 130 Å². The fourth-order valence-electron chi connectivity index (χ4n) is 2.06. The Kier molecular flexibility index (Phi) is 5.39. The van der Waals surface area contributed by atoms with Gasteiger partial charge < -0.3 is 5.32 Å². The molecule has 1 aromatic carbocycles. The van der Waals surface area contributed by atoms with Crippen LogP contribution in [-0.2, 0) is 23.0 Å². The zero-order valence-electron chi connectivity index (χ0n) is 12.2. The number of nitrogens with one attached hydrogen (secondary N) is 2. The van der Waals surface area contributed by atoms with Gasteiger partial charge in [0, 0.05) is 11.4 Å². The first-order valence-electron chi connectivity index (χ1n) is 6.96. The van der Waals surface area contributed by atoms with Crippen molar-refractivity contribution in [1.29, 1.82) is 0 Å². The van der Waals surface area contributed by atoms with Crippen LogP contribution in [-0.4, -0.2) is 15.0 Å². The highest BCUT2D eigenvalue weighted by atomic mass is 32.2. The Hall–Kier alpha value is -1.37. The van der Waals surface area contributed by atoms with Crippen LogP contribution in [0.2, 0.25) is 0 Å². The van der Waals surface area contributed by atoms with Gasteiger partial charge in [-0.2, -0.15) is 0 Å². The standard InChI is InChI=1S/C15H20N2O2S2/c1-3-12-7-5-6-8-13(12)17-21(18,19)15-9-10-20-14(15)11-16-4-2/h5-10,16-17H,3-4,11H2,1-2H3. The van der Waals surface area contributed by atoms with Crippen molar-refractivity contribution in [3.05, 3.63) is 46.2 Å². The van der Waals surface area contributed by atoms with E-state index in [1.807, 2.05) is 37.4 Å². The molecule has 0 atom stereocenters. The summed E-state index contributed by atoms with van der Waals surface area (Å²) < 4.78 is 27.9. The lowest BCUT2D eigenvalue weighted by Crippen LogP contribution is -2.17. The van der Waals surface area contributed by atoms with E-state index in [-0.39, 0.29) is 0 Å². The average Bonchev–Trinajstić information content (AvgIpc) is 2.94. The van der Waals surface area contributed by atoms with E-state index in [4.69, 9.17) is 0 Å². The average molecular weight is 324 g/mol. The Bertz CT molecular complexity index is 693. The van der Waals surface area contributed by atoms with Crippen molar-refractivity contribution >= 4 is 27.0 Å². The van der Waals surface area contributed by atoms with Gasteiger partial charge in [-0.15, -0.1) is 11.3 Å². The monoisotopic (exact) mass is 324 g/mol. The summed E-state index contributed by atoms with van der Waals surface area (Å²) in [7, 11) is -3.54. The fourth-order valence-corrected chi connectivity index (χ4v) is 4.58. The molecule has 0 saturated heterocycles. The van der Waals surface area contributed by atoms with Crippen molar-refractivity contribution < 1.29 is 8.42 Å². The zero-order valence-corrected chi connectivity index (χ0v) is 13.9. The highest BCUT2D eigenvalue weighted by molar-refractivity contribution is 7.93. The summed E-state index contributed by atoms with van der Waals surface area (Å²) in [5.74, 6) is 0. The molecule has 6 heteroatoms. The van der Waals surface area contributed by atoms with Gasteiger partial charge >= 0.3 is 0 Å². The second-order valence-electron chi connectivity index (χ2n) is 4.60. The van der Waals surface area contributed by atoms with Crippen LogP contribution in [0.1, 0.15) is 24.3 Å². The molecular formula is C15H20N2O2S2. The molecule has 0 saturated carbocycles. The van der Waals surface area contributed by atoms with Crippen LogP contribution in [0.5, 0.6) is 0 Å². The van der Waals surface area contributed by atoms with Crippen molar-refractivity contribution in [2.24, 2.45) is 0 Å². The third-order valence-corrected chi connectivity index (χ3v) is 5.67. The van der Waals surface area contributed by atoms with Gasteiger partial charge in [-0.1, -0.05) is 32.0 Å². The van der Waals surface area contributed by atoms with Crippen molar-refractivity contribution in [2.45, 2.75) is 31.7 Å². The third kappa shape index (κ3) is 3.84. The molecule has 21 heavy (non-hydrogen) atoms. The summed E-state index contributed by atoms with van der Waals surface area (Å²) in [6.45, 7) is 5.38. The predicted octanol–water partition coefficient (Wildman–Crippen LogP) is 3.22. The lowest BCUT2D eigenvalue weighted by molar-refractivity contribution is 0.599. The number of anilines is 1. The largest absolute Gasteiger partial charge is 0.312 e. The smallest absolute Gasteiger partial charge is 0.263 e. The molecule has 0 radical (unpaired) electrons. The van der Waals surface area contributed by atoms with Crippen LogP contribution < -0.4 is 10.0 Å². The molecule has 2 N–H and O–H groups in total. The molecule has 0 aliphatic heterocycles. The van der Waals surface area contributed by atoms with Crippen LogP contribution in [0.15, 0.2) is 40.6 Å². The van der Waals surface area contributed by atoms with E-state index in [1.54, 1.807) is 12.1 Å². The second-order valence-corrected chi connectivity index (χ2v) is 7.26. The van der Waals surface area contributed by atoms with E-state index < -0.39 is 10.0 Å². The van der Waals surface area contributed by atoms with Crippen molar-refractivity contribution in [2.75, 3.05) is 11.3 Å². The maximum absolute atomic E-state index is 12.6. The number of para-hydroxylation sites is 1. The number of thiophene rings is 1. The molecule has 4 nitrogen and oxygen atoms in total. The summed E-state index contributed by atoms with van der Waals surface area (Å²) in [6.07, 6.45) is 0.784. The maximum atomic E-state index is 12.6. The fraction of sp³-hybridized carbons (Fsp3) is 0.333. The summed E-state index contributed by atoms with van der Waals surface area (Å²) in [4.78, 5) is 1.19. The van der Waals surface area contributed by atoms with E-state index in [2.05, 4.69) is 10.0 Å². The van der Waals surface area contributed by atoms with Crippen LogP contribution in [0, 0.1) is 0 Å². The van der Waals surface area contributed by atoms with E-state index in [1.165, 1.54) is 11.3 Å². The highest BCUT2D eigenvalue weighted by Crippen LogP contribution is 2.25. The molecule has 1 aromatic heterocycles. The topological polar surface area (TPSA) is 58.2 Å². The normalized spacial score (nSPS) is 11.5. The van der Waals surface area contributed by atoms with Gasteiger partial charge in [0.15, 0.2) is 0 Å². The molecule has 0 spiro atoms. The van der Waals surface area contributed by atoms with Gasteiger partial charge in [0.1, 0.15) is 4.90 Å². The Morgan fingerprint density at radius 2 is 1.90 bits per heavy atom. The SMILES string of the molecule is CCNCc1sccc1S(=O)(=O)Nc1ccccc1CC. The summed E-state index contributed by atoms with van der Waals surface area (Å²) in [5.41, 5.74) is 1.64. The van der Waals surface area contributed by atoms with Crippen molar-refractivity contribution in [3.8, 4) is 0 Å². The van der Waals surface area contributed by atoms with E-state index in [0.29, 0.717) is 17.1 Å². The minimum atomic E-state index is -3.54. The Balaban J connectivity index is 2.28. The number of rotatable bonds is 7. The van der Waals surface area contributed by atoms with Crippen molar-refractivity contribution in [3.63, 3.8) is 0 Å². The molecule has 114 valence electrons. The number of hydrogen-bond acceptors (Lipinski definition) is 4. The molecule has 1 heterocycles. The van der Waals surface area contributed by atoms with E-state index >= 15 is 0 Å². The lowest BCUT2D eigenvalue weighted by Gasteiger charge is -2.12. The minimum Gasteiger partial charge on any atom is -0.312 e. The molecule has 0 aliphatic rings. The zero-order chi connectivity index (χ0) is 15.3. The lowest BCUT2D eigenvalue weighted by atomic mass is 10.1. The van der Waals surface area contributed by atoms with Gasteiger partial charge in [0.25, 0.3) is 10.0 Å². The quantitative estimate of drug-likeness (QED) is 0.822. The van der Waals surface area contributed by atoms with Gasteiger partial charge in [0.05, 0.1) is 5.69 Å². The van der Waals surface area contributed by atoms with Gasteiger partial charge in [0.2, 0.25) is 0 Å². The number of aryl methyl sites for hydroxylation is 1. The molecule has 0 aliphatic carbocycles. The van der Waals surface area contributed by atoms with Gasteiger partial charge in [-0.25, -0.2) is 8.42 Å². The van der Waals surface area contributed by atoms with Gasteiger partial charge in [-0.3, -0.25) is 4.72 Å². The Morgan fingerprint density at radius 3 is 2.62 bits per heavy atom. The summed E-state index contributed by atoms with van der Waals surface area (Å²) in [5, 5.41) is 4.98. The van der Waals surface area contributed by atoms with Gasteiger partial charge in [-0.05, 0) is 36.0 Å².